The van der Waals surface area contributed by atoms with E-state index in [1.54, 1.807) is 11.3 Å². The van der Waals surface area contributed by atoms with Crippen molar-refractivity contribution in [2.45, 2.75) is 19.4 Å². The normalized spacial score (nSPS) is 11.9. The number of anilines is 1. The van der Waals surface area contributed by atoms with Crippen molar-refractivity contribution in [1.82, 2.24) is 10.3 Å². The van der Waals surface area contributed by atoms with Gasteiger partial charge >= 0.3 is 6.03 Å². The molecule has 1 aromatic heterocycles. The summed E-state index contributed by atoms with van der Waals surface area (Å²) in [7, 11) is 0. The zero-order valence-corrected chi connectivity index (χ0v) is 15.3. The number of nitro groups is 1. The molecule has 2 N–H and O–H groups in total. The standard InChI is InChI=1S/C17H15ClN4O3S/c1-10(8-16-20-14-4-2-3-5-15(14)26-16)19-17(23)21-13-7-6-11(22(24)25)9-12(13)18/h2-7,9-10H,8H2,1H3,(H2,19,21,23)/t10-/m1/s1. The lowest BCUT2D eigenvalue weighted by Gasteiger charge is -2.14. The van der Waals surface area contributed by atoms with Gasteiger partial charge in [0.15, 0.2) is 0 Å². The Hall–Kier alpha value is -2.71. The van der Waals surface area contributed by atoms with Crippen LogP contribution < -0.4 is 10.6 Å². The molecular weight excluding hydrogens is 376 g/mol. The summed E-state index contributed by atoms with van der Waals surface area (Å²) in [4.78, 5) is 26.8. The van der Waals surface area contributed by atoms with E-state index in [0.717, 1.165) is 15.2 Å². The molecule has 3 aromatic rings. The number of carbonyl (C=O) groups is 1. The second-order valence-electron chi connectivity index (χ2n) is 5.70. The number of amides is 2. The number of carbonyl (C=O) groups excluding carboxylic acids is 1. The van der Waals surface area contributed by atoms with E-state index in [4.69, 9.17) is 11.6 Å². The molecule has 0 saturated carbocycles. The lowest BCUT2D eigenvalue weighted by molar-refractivity contribution is -0.384. The number of nitrogens with zero attached hydrogens (tertiary/aromatic N) is 2. The van der Waals surface area contributed by atoms with Gasteiger partial charge in [0.25, 0.3) is 5.69 Å². The van der Waals surface area contributed by atoms with E-state index in [2.05, 4.69) is 15.6 Å². The highest BCUT2D eigenvalue weighted by Gasteiger charge is 2.14. The third kappa shape index (κ3) is 4.27. The van der Waals surface area contributed by atoms with Gasteiger partial charge in [0.2, 0.25) is 0 Å². The highest BCUT2D eigenvalue weighted by atomic mass is 35.5. The van der Waals surface area contributed by atoms with Crippen LogP contribution >= 0.6 is 22.9 Å². The van der Waals surface area contributed by atoms with Crippen LogP contribution in [-0.4, -0.2) is 22.0 Å². The van der Waals surface area contributed by atoms with Crippen LogP contribution in [0.25, 0.3) is 10.2 Å². The Morgan fingerprint density at radius 3 is 2.81 bits per heavy atom. The number of fused-ring (bicyclic) bond motifs is 1. The maximum Gasteiger partial charge on any atom is 0.319 e. The number of nitro benzene ring substituents is 1. The number of benzene rings is 2. The van der Waals surface area contributed by atoms with Crippen LogP contribution in [0.1, 0.15) is 11.9 Å². The third-order valence-corrected chi connectivity index (χ3v) is 4.98. The second kappa shape index (κ2) is 7.67. The van der Waals surface area contributed by atoms with E-state index < -0.39 is 11.0 Å². The van der Waals surface area contributed by atoms with Gasteiger partial charge in [0.1, 0.15) is 0 Å². The predicted octanol–water partition coefficient (Wildman–Crippen LogP) is 4.61. The molecule has 3 rings (SSSR count). The van der Waals surface area contributed by atoms with Crippen molar-refractivity contribution in [1.29, 1.82) is 0 Å². The first-order chi connectivity index (χ1) is 12.4. The molecule has 0 fully saturated rings. The SMILES string of the molecule is C[C@H](Cc1nc2ccccc2s1)NC(=O)Nc1ccc([N+](=O)[O-])cc1Cl. The van der Waals surface area contributed by atoms with Crippen LogP contribution in [0.15, 0.2) is 42.5 Å². The fourth-order valence-electron chi connectivity index (χ4n) is 2.42. The Bertz CT molecular complexity index is 943. The van der Waals surface area contributed by atoms with Gasteiger partial charge in [0.05, 0.1) is 30.9 Å². The molecule has 2 amide bonds. The maximum absolute atomic E-state index is 12.1. The number of thiazole rings is 1. The molecule has 0 aliphatic carbocycles. The molecule has 9 heteroatoms. The largest absolute Gasteiger partial charge is 0.335 e. The quantitative estimate of drug-likeness (QED) is 0.491. The fourth-order valence-corrected chi connectivity index (χ4v) is 3.74. The highest BCUT2D eigenvalue weighted by molar-refractivity contribution is 7.18. The minimum absolute atomic E-state index is 0.105. The molecule has 1 heterocycles. The smallest absolute Gasteiger partial charge is 0.319 e. The van der Waals surface area contributed by atoms with Gasteiger partial charge in [-0.05, 0) is 25.1 Å². The van der Waals surface area contributed by atoms with E-state index in [1.807, 2.05) is 31.2 Å². The summed E-state index contributed by atoms with van der Waals surface area (Å²) < 4.78 is 1.11. The first-order valence-electron chi connectivity index (χ1n) is 7.78. The first-order valence-corrected chi connectivity index (χ1v) is 8.97. The molecule has 134 valence electrons. The Morgan fingerprint density at radius 2 is 2.12 bits per heavy atom. The number of nitrogens with one attached hydrogen (secondary N) is 2. The molecule has 2 aromatic carbocycles. The van der Waals surface area contributed by atoms with E-state index in [0.29, 0.717) is 12.1 Å². The van der Waals surface area contributed by atoms with E-state index >= 15 is 0 Å². The Morgan fingerprint density at radius 1 is 1.35 bits per heavy atom. The zero-order valence-electron chi connectivity index (χ0n) is 13.7. The number of rotatable bonds is 5. The van der Waals surface area contributed by atoms with Crippen LogP contribution in [0.5, 0.6) is 0 Å². The molecular formula is C17H15ClN4O3S. The third-order valence-electron chi connectivity index (χ3n) is 3.61. The van der Waals surface area contributed by atoms with Gasteiger partial charge in [-0.3, -0.25) is 10.1 Å². The maximum atomic E-state index is 12.1. The van der Waals surface area contributed by atoms with Crippen LogP contribution in [0.4, 0.5) is 16.2 Å². The van der Waals surface area contributed by atoms with Crippen molar-refractivity contribution in [3.8, 4) is 0 Å². The van der Waals surface area contributed by atoms with Gasteiger partial charge in [-0.1, -0.05) is 23.7 Å². The molecule has 1 atom stereocenters. The fraction of sp³-hybridized carbons (Fsp3) is 0.176. The second-order valence-corrected chi connectivity index (χ2v) is 7.22. The lowest BCUT2D eigenvalue weighted by atomic mass is 10.2. The predicted molar refractivity (Wildman–Crippen MR) is 103 cm³/mol. The number of non-ortho nitro benzene ring substituents is 1. The van der Waals surface area contributed by atoms with Crippen LogP contribution in [-0.2, 0) is 6.42 Å². The van der Waals surface area contributed by atoms with E-state index in [9.17, 15) is 14.9 Å². The Kier molecular flexibility index (Phi) is 5.34. The molecule has 0 unspecified atom stereocenters. The van der Waals surface area contributed by atoms with Crippen LogP contribution in [0.3, 0.4) is 0 Å². The lowest BCUT2D eigenvalue weighted by Crippen LogP contribution is -2.37. The molecule has 0 radical (unpaired) electrons. The average molecular weight is 391 g/mol. The Balaban J connectivity index is 1.59. The monoisotopic (exact) mass is 390 g/mol. The molecule has 7 nitrogen and oxygen atoms in total. The topological polar surface area (TPSA) is 97.2 Å². The Labute approximate surface area is 158 Å². The summed E-state index contributed by atoms with van der Waals surface area (Å²) in [5.41, 5.74) is 1.12. The number of hydrogen-bond donors (Lipinski definition) is 2. The van der Waals surface area contributed by atoms with E-state index in [-0.39, 0.29) is 16.8 Å². The van der Waals surface area contributed by atoms with Crippen molar-refractivity contribution in [2.24, 2.45) is 0 Å². The summed E-state index contributed by atoms with van der Waals surface area (Å²) in [5, 5.41) is 17.2. The molecule has 0 saturated heterocycles. The molecule has 0 aliphatic rings. The van der Waals surface area contributed by atoms with Gasteiger partial charge in [0, 0.05) is 24.6 Å². The van der Waals surface area contributed by atoms with Crippen molar-refractivity contribution in [3.05, 3.63) is 62.6 Å². The number of para-hydroxylation sites is 1. The number of hydrogen-bond acceptors (Lipinski definition) is 5. The molecule has 0 bridgehead atoms. The summed E-state index contributed by atoms with van der Waals surface area (Å²) >= 11 is 7.57. The van der Waals surface area contributed by atoms with Crippen molar-refractivity contribution >= 4 is 50.6 Å². The minimum atomic E-state index is -0.546. The summed E-state index contributed by atoms with van der Waals surface area (Å²) in [6.45, 7) is 1.88. The van der Waals surface area contributed by atoms with Crippen molar-refractivity contribution in [3.63, 3.8) is 0 Å². The first kappa shape index (κ1) is 18.1. The number of urea groups is 1. The highest BCUT2D eigenvalue weighted by Crippen LogP contribution is 2.26. The van der Waals surface area contributed by atoms with Gasteiger partial charge in [-0.2, -0.15) is 0 Å². The minimum Gasteiger partial charge on any atom is -0.335 e. The number of aromatic nitrogens is 1. The molecule has 0 spiro atoms. The van der Waals surface area contributed by atoms with E-state index in [1.165, 1.54) is 18.2 Å². The van der Waals surface area contributed by atoms with Crippen molar-refractivity contribution in [2.75, 3.05) is 5.32 Å². The van der Waals surface area contributed by atoms with Gasteiger partial charge in [-0.25, -0.2) is 9.78 Å². The average Bonchev–Trinajstić information content (AvgIpc) is 2.98. The van der Waals surface area contributed by atoms with Crippen LogP contribution in [0.2, 0.25) is 5.02 Å². The van der Waals surface area contributed by atoms with Crippen molar-refractivity contribution < 1.29 is 9.72 Å². The summed E-state index contributed by atoms with van der Waals surface area (Å²) in [5.74, 6) is 0. The van der Waals surface area contributed by atoms with Gasteiger partial charge in [-0.15, -0.1) is 11.3 Å². The van der Waals surface area contributed by atoms with Crippen LogP contribution in [0, 0.1) is 10.1 Å². The van der Waals surface area contributed by atoms with Gasteiger partial charge < -0.3 is 10.6 Å². The summed E-state index contributed by atoms with van der Waals surface area (Å²) in [6, 6.07) is 11.2. The molecule has 0 aliphatic heterocycles. The summed E-state index contributed by atoms with van der Waals surface area (Å²) in [6.07, 6.45) is 0.598. The molecule has 26 heavy (non-hydrogen) atoms. The number of halogens is 1. The zero-order chi connectivity index (χ0) is 18.7.